The second kappa shape index (κ2) is 10.7. The van der Waals surface area contributed by atoms with Gasteiger partial charge in [0, 0.05) is 24.8 Å². The van der Waals surface area contributed by atoms with Crippen molar-refractivity contribution >= 4 is 24.1 Å². The number of halogens is 3. The van der Waals surface area contributed by atoms with E-state index in [-0.39, 0.29) is 17.0 Å². The molecular formula is C26H36F3NO4SSi. The molecule has 2 aromatic rings. The van der Waals surface area contributed by atoms with Crippen LogP contribution in [-0.2, 0) is 20.7 Å². The molecule has 5 nitrogen and oxygen atoms in total. The zero-order valence-corrected chi connectivity index (χ0v) is 23.4. The Balaban J connectivity index is 1.68. The number of hydrogen-bond acceptors (Lipinski definition) is 5. The quantitative estimate of drug-likeness (QED) is 0.255. The van der Waals surface area contributed by atoms with Gasteiger partial charge in [0.05, 0.1) is 5.75 Å². The molecule has 10 heteroatoms. The number of fused-ring (bicyclic) bond motifs is 1. The van der Waals surface area contributed by atoms with Gasteiger partial charge in [-0.2, -0.15) is 21.6 Å². The van der Waals surface area contributed by atoms with E-state index in [1.54, 1.807) is 6.07 Å². The first-order chi connectivity index (χ1) is 16.6. The van der Waals surface area contributed by atoms with Crippen LogP contribution in [0.5, 0.6) is 5.75 Å². The first-order valence-electron chi connectivity index (χ1n) is 12.2. The molecule has 0 aliphatic carbocycles. The van der Waals surface area contributed by atoms with Crippen molar-refractivity contribution < 1.29 is 30.2 Å². The van der Waals surface area contributed by atoms with Crippen molar-refractivity contribution in [2.24, 2.45) is 0 Å². The lowest BCUT2D eigenvalue weighted by Crippen LogP contribution is -2.44. The maximum absolute atomic E-state index is 13.5. The van der Waals surface area contributed by atoms with Crippen molar-refractivity contribution in [2.75, 3.05) is 23.7 Å². The van der Waals surface area contributed by atoms with Crippen LogP contribution in [0.4, 0.5) is 18.9 Å². The van der Waals surface area contributed by atoms with Crippen molar-refractivity contribution in [1.82, 2.24) is 0 Å². The Morgan fingerprint density at radius 2 is 1.72 bits per heavy atom. The fraction of sp³-hybridized carbons (Fsp3) is 0.538. The highest BCUT2D eigenvalue weighted by atomic mass is 32.2. The Morgan fingerprint density at radius 3 is 2.33 bits per heavy atom. The Morgan fingerprint density at radius 1 is 1.06 bits per heavy atom. The van der Waals surface area contributed by atoms with E-state index in [9.17, 15) is 21.6 Å². The number of anilines is 1. The van der Waals surface area contributed by atoms with Gasteiger partial charge in [0.1, 0.15) is 5.75 Å². The van der Waals surface area contributed by atoms with Crippen LogP contribution >= 0.6 is 0 Å². The van der Waals surface area contributed by atoms with Gasteiger partial charge in [-0.25, -0.2) is 0 Å². The summed E-state index contributed by atoms with van der Waals surface area (Å²) in [7, 11) is -6.43. The monoisotopic (exact) mass is 543 g/mol. The molecule has 1 aliphatic rings. The lowest BCUT2D eigenvalue weighted by atomic mass is 10.0. The number of rotatable bonds is 9. The van der Waals surface area contributed by atoms with E-state index in [4.69, 9.17) is 4.43 Å². The second-order valence-electron chi connectivity index (χ2n) is 10.8. The number of aryl methyl sites for hydroxylation is 1. The molecule has 36 heavy (non-hydrogen) atoms. The number of hydrogen-bond donors (Lipinski definition) is 0. The van der Waals surface area contributed by atoms with Crippen LogP contribution in [0, 0.1) is 0 Å². The topological polar surface area (TPSA) is 55.8 Å². The molecule has 0 N–H and O–H groups in total. The minimum Gasteiger partial charge on any atom is -0.543 e. The molecule has 0 saturated carbocycles. The number of alkyl halides is 3. The third-order valence-electron chi connectivity index (χ3n) is 6.92. The molecular weight excluding hydrogens is 507 g/mol. The van der Waals surface area contributed by atoms with Gasteiger partial charge in [-0.05, 0) is 54.6 Å². The predicted molar refractivity (Wildman–Crippen MR) is 140 cm³/mol. The lowest BCUT2D eigenvalue weighted by Gasteiger charge is -2.37. The van der Waals surface area contributed by atoms with Crippen molar-refractivity contribution in [2.45, 2.75) is 70.4 Å². The minimum absolute atomic E-state index is 0.0466. The smallest absolute Gasteiger partial charge is 0.420 e. The van der Waals surface area contributed by atoms with Crippen LogP contribution < -0.4 is 9.33 Å². The first kappa shape index (κ1) is 28.5. The molecule has 0 spiro atoms. The molecule has 1 heterocycles. The van der Waals surface area contributed by atoms with Crippen LogP contribution in [0.1, 0.15) is 50.8 Å². The van der Waals surface area contributed by atoms with Gasteiger partial charge >= 0.3 is 6.18 Å². The van der Waals surface area contributed by atoms with Gasteiger partial charge in [-0.1, -0.05) is 57.2 Å². The van der Waals surface area contributed by atoms with Gasteiger partial charge in [-0.15, -0.1) is 0 Å². The molecule has 1 atom stereocenters. The van der Waals surface area contributed by atoms with Crippen LogP contribution in [-0.4, -0.2) is 41.8 Å². The SMILES string of the molecule is CC(C)(C)[Si](C)(C)Oc1ccc2c(c1)N(CCCS(=O)(=O)OC(c1ccccc1)C(F)(F)F)CCC2. The summed E-state index contributed by atoms with van der Waals surface area (Å²) in [5.41, 5.74) is 1.91. The third kappa shape index (κ3) is 7.26. The maximum atomic E-state index is 13.5. The van der Waals surface area contributed by atoms with Gasteiger partial charge in [-0.3, -0.25) is 4.18 Å². The summed E-state index contributed by atoms with van der Waals surface area (Å²) in [4.78, 5) is 2.09. The highest BCUT2D eigenvalue weighted by Crippen LogP contribution is 2.40. The zero-order chi connectivity index (χ0) is 26.8. The van der Waals surface area contributed by atoms with E-state index >= 15 is 0 Å². The molecule has 200 valence electrons. The largest absolute Gasteiger partial charge is 0.543 e. The summed E-state index contributed by atoms with van der Waals surface area (Å²) in [5, 5.41) is 0.0466. The Hall–Kier alpha value is -2.04. The molecule has 3 rings (SSSR count). The molecule has 0 fully saturated rings. The van der Waals surface area contributed by atoms with E-state index in [1.165, 1.54) is 24.3 Å². The molecule has 0 aromatic heterocycles. The van der Waals surface area contributed by atoms with Crippen LogP contribution in [0.15, 0.2) is 48.5 Å². The summed E-state index contributed by atoms with van der Waals surface area (Å²) in [6, 6.07) is 12.9. The van der Waals surface area contributed by atoms with Gasteiger partial charge in [0.2, 0.25) is 8.32 Å². The number of nitrogens with zero attached hydrogens (tertiary/aromatic N) is 1. The summed E-state index contributed by atoms with van der Waals surface area (Å²) in [6.45, 7) is 12.0. The van der Waals surface area contributed by atoms with Gasteiger partial charge in [0.15, 0.2) is 6.10 Å². The van der Waals surface area contributed by atoms with E-state index in [0.717, 1.165) is 36.4 Å². The number of benzene rings is 2. The van der Waals surface area contributed by atoms with Crippen molar-refractivity contribution in [3.63, 3.8) is 0 Å². The van der Waals surface area contributed by atoms with Gasteiger partial charge in [0.25, 0.3) is 10.1 Å². The van der Waals surface area contributed by atoms with Crippen LogP contribution in [0.2, 0.25) is 18.1 Å². The van der Waals surface area contributed by atoms with Crippen LogP contribution in [0.3, 0.4) is 0 Å². The standard InChI is InChI=1S/C26H36F3NO4SSi/c1-25(2,3)36(4,5)34-22-15-14-20-13-9-16-30(23(20)19-22)17-10-18-35(31,32)33-24(26(27,28)29)21-11-7-6-8-12-21/h6-8,11-12,14-15,19,24H,9-10,13,16-18H2,1-5H3. The highest BCUT2D eigenvalue weighted by molar-refractivity contribution is 7.86. The molecule has 1 aliphatic heterocycles. The molecule has 0 radical (unpaired) electrons. The van der Waals surface area contributed by atoms with Gasteiger partial charge < -0.3 is 9.33 Å². The normalized spacial score (nSPS) is 15.9. The van der Waals surface area contributed by atoms with E-state index in [2.05, 4.69) is 49.0 Å². The second-order valence-corrected chi connectivity index (χ2v) is 17.2. The zero-order valence-electron chi connectivity index (χ0n) is 21.6. The summed E-state index contributed by atoms with van der Waals surface area (Å²) < 4.78 is 76.7. The molecule has 0 bridgehead atoms. The third-order valence-corrected chi connectivity index (χ3v) is 12.5. The fourth-order valence-electron chi connectivity index (χ4n) is 3.93. The first-order valence-corrected chi connectivity index (χ1v) is 16.7. The Labute approximate surface area is 213 Å². The average molecular weight is 544 g/mol. The summed E-state index contributed by atoms with van der Waals surface area (Å²) >= 11 is 0. The molecule has 1 unspecified atom stereocenters. The summed E-state index contributed by atoms with van der Waals surface area (Å²) in [6.07, 6.45) is -5.38. The van der Waals surface area contributed by atoms with Crippen molar-refractivity contribution in [3.05, 3.63) is 59.7 Å². The van der Waals surface area contributed by atoms with E-state index in [0.29, 0.717) is 6.54 Å². The van der Waals surface area contributed by atoms with Crippen LogP contribution in [0.25, 0.3) is 0 Å². The average Bonchev–Trinajstić information content (AvgIpc) is 2.76. The fourth-order valence-corrected chi connectivity index (χ4v) is 6.04. The lowest BCUT2D eigenvalue weighted by molar-refractivity contribution is -0.196. The Kier molecular flexibility index (Phi) is 8.52. The maximum Gasteiger partial charge on any atom is 0.420 e. The summed E-state index contributed by atoms with van der Waals surface area (Å²) in [5.74, 6) is 0.289. The Bertz CT molecular complexity index is 1130. The molecule has 0 amide bonds. The molecule has 2 aromatic carbocycles. The van der Waals surface area contributed by atoms with E-state index < -0.39 is 36.5 Å². The van der Waals surface area contributed by atoms with E-state index in [1.807, 2.05) is 12.1 Å². The predicted octanol–water partition coefficient (Wildman–Crippen LogP) is 6.86. The minimum atomic E-state index is -4.85. The van der Waals surface area contributed by atoms with Crippen molar-refractivity contribution in [3.8, 4) is 5.75 Å². The highest BCUT2D eigenvalue weighted by Gasteiger charge is 2.45. The van der Waals surface area contributed by atoms with Crippen molar-refractivity contribution in [1.29, 1.82) is 0 Å². The molecule has 0 saturated heterocycles.